The molecule has 0 amide bonds. The zero-order chi connectivity index (χ0) is 13.7. The summed E-state index contributed by atoms with van der Waals surface area (Å²) in [6.07, 6.45) is 8.80. The fourth-order valence-corrected chi connectivity index (χ4v) is 4.29. The molecule has 0 spiro atoms. The van der Waals surface area contributed by atoms with Crippen molar-refractivity contribution in [2.75, 3.05) is 20.1 Å². The van der Waals surface area contributed by atoms with Crippen LogP contribution < -0.4 is 10.0 Å². The van der Waals surface area contributed by atoms with Crippen LogP contribution in [0.5, 0.6) is 0 Å². The molecule has 0 aromatic heterocycles. The summed E-state index contributed by atoms with van der Waals surface area (Å²) in [6, 6.07) is 0.679. The van der Waals surface area contributed by atoms with Gasteiger partial charge in [0.05, 0.1) is 0 Å². The Hall–Kier alpha value is 0.120. The highest BCUT2D eigenvalue weighted by atomic mass is 35.5. The Kier molecular flexibility index (Phi) is 7.75. The molecule has 2 rings (SSSR count). The molecular weight excluding hydrogens is 298 g/mol. The second-order valence-electron chi connectivity index (χ2n) is 5.79. The van der Waals surface area contributed by atoms with E-state index in [1.54, 1.807) is 11.4 Å². The molecule has 1 heterocycles. The molecule has 0 aromatic carbocycles. The van der Waals surface area contributed by atoms with E-state index < -0.39 is 10.2 Å². The fourth-order valence-electron chi connectivity index (χ4n) is 3.11. The molecule has 2 fully saturated rings. The summed E-state index contributed by atoms with van der Waals surface area (Å²) in [5.74, 6) is 0. The lowest BCUT2D eigenvalue weighted by molar-refractivity contribution is 0.282. The van der Waals surface area contributed by atoms with Crippen LogP contribution >= 0.6 is 12.4 Å². The summed E-state index contributed by atoms with van der Waals surface area (Å²) in [7, 11) is -1.58. The van der Waals surface area contributed by atoms with E-state index in [4.69, 9.17) is 0 Å². The van der Waals surface area contributed by atoms with Gasteiger partial charge in [-0.15, -0.1) is 12.4 Å². The van der Waals surface area contributed by atoms with E-state index in [1.807, 2.05) is 0 Å². The van der Waals surface area contributed by atoms with E-state index in [0.717, 1.165) is 38.6 Å². The normalized spacial score (nSPS) is 24.8. The Morgan fingerprint density at radius 3 is 2.45 bits per heavy atom. The summed E-state index contributed by atoms with van der Waals surface area (Å²) in [6.45, 7) is 1.61. The fraction of sp³-hybridized carbons (Fsp3) is 1.00. The van der Waals surface area contributed by atoms with Gasteiger partial charge in [0, 0.05) is 25.7 Å². The number of nitrogens with zero attached hydrogens (tertiary/aromatic N) is 1. The van der Waals surface area contributed by atoms with E-state index in [-0.39, 0.29) is 18.4 Å². The molecule has 120 valence electrons. The highest BCUT2D eigenvalue weighted by molar-refractivity contribution is 7.87. The van der Waals surface area contributed by atoms with Crippen molar-refractivity contribution in [1.82, 2.24) is 14.3 Å². The van der Waals surface area contributed by atoms with Crippen molar-refractivity contribution in [1.29, 1.82) is 0 Å². The average Bonchev–Trinajstić information content (AvgIpc) is 2.92. The van der Waals surface area contributed by atoms with Gasteiger partial charge in [-0.3, -0.25) is 0 Å². The smallest absolute Gasteiger partial charge is 0.279 e. The third kappa shape index (κ3) is 5.15. The molecule has 1 aliphatic heterocycles. The lowest BCUT2D eigenvalue weighted by atomic mass is 9.96. The molecule has 2 N–H and O–H groups in total. The van der Waals surface area contributed by atoms with Gasteiger partial charge in [-0.25, -0.2) is 4.72 Å². The zero-order valence-corrected chi connectivity index (χ0v) is 13.9. The quantitative estimate of drug-likeness (QED) is 0.780. The SMILES string of the molecule is CN(C1CCCCC1)S(=O)(=O)NCC[C@H]1CCCN1.Cl. The van der Waals surface area contributed by atoms with Crippen LogP contribution in [0, 0.1) is 0 Å². The van der Waals surface area contributed by atoms with Crippen molar-refractivity contribution in [2.24, 2.45) is 0 Å². The molecule has 2 aliphatic rings. The maximum Gasteiger partial charge on any atom is 0.279 e. The number of hydrogen-bond acceptors (Lipinski definition) is 3. The Morgan fingerprint density at radius 1 is 1.15 bits per heavy atom. The maximum atomic E-state index is 12.2. The molecule has 7 heteroatoms. The van der Waals surface area contributed by atoms with Crippen molar-refractivity contribution >= 4 is 22.6 Å². The van der Waals surface area contributed by atoms with E-state index in [2.05, 4.69) is 10.0 Å². The Bertz CT molecular complexity index is 366. The number of rotatable bonds is 6. The van der Waals surface area contributed by atoms with Crippen LogP contribution in [0.4, 0.5) is 0 Å². The second-order valence-corrected chi connectivity index (χ2v) is 7.60. The first-order chi connectivity index (χ1) is 9.09. The minimum Gasteiger partial charge on any atom is -0.314 e. The maximum absolute atomic E-state index is 12.2. The zero-order valence-electron chi connectivity index (χ0n) is 12.3. The first-order valence-corrected chi connectivity index (χ1v) is 8.99. The Balaban J connectivity index is 0.00000200. The van der Waals surface area contributed by atoms with Crippen LogP contribution in [-0.4, -0.2) is 44.9 Å². The summed E-state index contributed by atoms with van der Waals surface area (Å²) in [5, 5.41) is 3.39. The molecule has 0 radical (unpaired) electrons. The number of nitrogens with one attached hydrogen (secondary N) is 2. The van der Waals surface area contributed by atoms with Gasteiger partial charge in [0.15, 0.2) is 0 Å². The summed E-state index contributed by atoms with van der Waals surface area (Å²) in [4.78, 5) is 0. The van der Waals surface area contributed by atoms with Crippen LogP contribution in [-0.2, 0) is 10.2 Å². The lowest BCUT2D eigenvalue weighted by Crippen LogP contribution is -2.45. The molecule has 1 aliphatic carbocycles. The van der Waals surface area contributed by atoms with Gasteiger partial charge in [0.1, 0.15) is 0 Å². The van der Waals surface area contributed by atoms with Gasteiger partial charge in [-0.1, -0.05) is 19.3 Å². The predicted octanol–water partition coefficient (Wildman–Crippen LogP) is 1.65. The van der Waals surface area contributed by atoms with E-state index in [9.17, 15) is 8.42 Å². The molecule has 0 unspecified atom stereocenters. The van der Waals surface area contributed by atoms with Crippen LogP contribution in [0.25, 0.3) is 0 Å². The highest BCUT2D eigenvalue weighted by Gasteiger charge is 2.27. The number of halogens is 1. The van der Waals surface area contributed by atoms with Gasteiger partial charge in [-0.2, -0.15) is 12.7 Å². The van der Waals surface area contributed by atoms with Crippen molar-refractivity contribution < 1.29 is 8.42 Å². The van der Waals surface area contributed by atoms with Gasteiger partial charge < -0.3 is 5.32 Å². The molecule has 20 heavy (non-hydrogen) atoms. The Labute approximate surface area is 129 Å². The van der Waals surface area contributed by atoms with Gasteiger partial charge >= 0.3 is 0 Å². The monoisotopic (exact) mass is 325 g/mol. The third-order valence-electron chi connectivity index (χ3n) is 4.41. The third-order valence-corrected chi connectivity index (χ3v) is 6.03. The van der Waals surface area contributed by atoms with Crippen LogP contribution in [0.2, 0.25) is 0 Å². The van der Waals surface area contributed by atoms with E-state index in [0.29, 0.717) is 12.6 Å². The molecule has 1 atom stereocenters. The first kappa shape index (κ1) is 18.2. The Morgan fingerprint density at radius 2 is 1.85 bits per heavy atom. The van der Waals surface area contributed by atoms with Gasteiger partial charge in [0.2, 0.25) is 0 Å². The lowest BCUT2D eigenvalue weighted by Gasteiger charge is -2.30. The van der Waals surface area contributed by atoms with E-state index >= 15 is 0 Å². The van der Waals surface area contributed by atoms with Crippen molar-refractivity contribution in [3.8, 4) is 0 Å². The number of hydrogen-bond donors (Lipinski definition) is 2. The van der Waals surface area contributed by atoms with Gasteiger partial charge in [-0.05, 0) is 38.6 Å². The van der Waals surface area contributed by atoms with Crippen molar-refractivity contribution in [2.45, 2.75) is 63.5 Å². The average molecular weight is 326 g/mol. The topological polar surface area (TPSA) is 61.4 Å². The predicted molar refractivity (Wildman–Crippen MR) is 84.4 cm³/mol. The van der Waals surface area contributed by atoms with Crippen LogP contribution in [0.1, 0.15) is 51.4 Å². The summed E-state index contributed by atoms with van der Waals surface area (Å²) in [5.41, 5.74) is 0. The van der Waals surface area contributed by atoms with Crippen molar-refractivity contribution in [3.63, 3.8) is 0 Å². The first-order valence-electron chi connectivity index (χ1n) is 7.55. The standard InChI is InChI=1S/C13H27N3O2S.ClH/c1-16(13-7-3-2-4-8-13)19(17,18)15-11-9-12-6-5-10-14-12;/h12-15H,2-11H2,1H3;1H/t12-;/m1./s1. The molecule has 1 saturated carbocycles. The summed E-state index contributed by atoms with van der Waals surface area (Å²) >= 11 is 0. The van der Waals surface area contributed by atoms with E-state index in [1.165, 1.54) is 19.3 Å². The minimum atomic E-state index is -3.30. The molecule has 0 bridgehead atoms. The van der Waals surface area contributed by atoms with Crippen molar-refractivity contribution in [3.05, 3.63) is 0 Å². The summed E-state index contributed by atoms with van der Waals surface area (Å²) < 4.78 is 28.7. The molecule has 5 nitrogen and oxygen atoms in total. The highest BCUT2D eigenvalue weighted by Crippen LogP contribution is 2.23. The second kappa shape index (κ2) is 8.54. The minimum absolute atomic E-state index is 0. The van der Waals surface area contributed by atoms with Gasteiger partial charge in [0.25, 0.3) is 10.2 Å². The van der Waals surface area contributed by atoms with Crippen LogP contribution in [0.3, 0.4) is 0 Å². The molecule has 0 aromatic rings. The molecule has 1 saturated heterocycles. The largest absolute Gasteiger partial charge is 0.314 e. The molecular formula is C13H28ClN3O2S. The van der Waals surface area contributed by atoms with Crippen LogP contribution in [0.15, 0.2) is 0 Å².